The van der Waals surface area contributed by atoms with Crippen LogP contribution in [0.5, 0.6) is 0 Å². The fourth-order valence-corrected chi connectivity index (χ4v) is 3.62. The lowest BCUT2D eigenvalue weighted by Crippen LogP contribution is -2.31. The van der Waals surface area contributed by atoms with Gasteiger partial charge in [0.15, 0.2) is 6.20 Å². The van der Waals surface area contributed by atoms with Crippen LogP contribution in [0.3, 0.4) is 0 Å². The van der Waals surface area contributed by atoms with Crippen molar-refractivity contribution in [2.75, 3.05) is 0 Å². The Balaban J connectivity index is 1.91. The third kappa shape index (κ3) is 3.29. The van der Waals surface area contributed by atoms with Gasteiger partial charge in [0, 0.05) is 15.7 Å². The predicted molar refractivity (Wildman–Crippen MR) is 113 cm³/mol. The molecule has 1 heteroatoms. The van der Waals surface area contributed by atoms with E-state index in [0.29, 0.717) is 5.56 Å². The molecule has 27 heavy (non-hydrogen) atoms. The van der Waals surface area contributed by atoms with Gasteiger partial charge in [-0.1, -0.05) is 72.8 Å². The van der Waals surface area contributed by atoms with Crippen molar-refractivity contribution in [1.29, 1.82) is 0 Å². The van der Waals surface area contributed by atoms with Crippen LogP contribution in [0.4, 0.5) is 0 Å². The molecule has 1 aromatic heterocycles. The fourth-order valence-electron chi connectivity index (χ4n) is 3.62. The highest BCUT2D eigenvalue weighted by Crippen LogP contribution is 2.35. The van der Waals surface area contributed by atoms with Crippen molar-refractivity contribution in [3.05, 3.63) is 102 Å². The maximum atomic E-state index is 7.99. The van der Waals surface area contributed by atoms with E-state index >= 15 is 0 Å². The summed E-state index contributed by atoms with van der Waals surface area (Å²) in [4.78, 5) is 0. The normalized spacial score (nSPS) is 12.9. The number of aryl methyl sites for hydroxylation is 3. The molecule has 0 saturated heterocycles. The first kappa shape index (κ1) is 13.9. The molecule has 4 aromatic rings. The van der Waals surface area contributed by atoms with Crippen molar-refractivity contribution in [2.45, 2.75) is 13.8 Å². The van der Waals surface area contributed by atoms with Crippen LogP contribution in [0, 0.1) is 13.8 Å². The highest BCUT2D eigenvalue weighted by molar-refractivity contribution is 5.84. The SMILES string of the molecule is [2H]C([2H])([2H])c1ccccc1-c1cccc(C)c1-c1ccc(-c2ccccc2)c[n+]1C. The topological polar surface area (TPSA) is 3.88 Å². The standard InChI is InChI=1S/C26H24N/c1-19-10-7-8-14-23(19)24-15-9-11-20(2)26(24)25-17-16-22(18-27(25)3)21-12-5-4-6-13-21/h4-18H,1-3H3/q+1/i1D3. The largest absolute Gasteiger partial charge is 0.213 e. The molecule has 0 fully saturated rings. The van der Waals surface area contributed by atoms with Crippen molar-refractivity contribution in [3.8, 4) is 33.5 Å². The molecule has 3 aromatic carbocycles. The zero-order valence-corrected chi connectivity index (χ0v) is 15.6. The molecule has 0 aliphatic carbocycles. The number of pyridine rings is 1. The van der Waals surface area contributed by atoms with Gasteiger partial charge in [0.25, 0.3) is 0 Å². The third-order valence-corrected chi connectivity index (χ3v) is 4.99. The summed E-state index contributed by atoms with van der Waals surface area (Å²) in [5.74, 6) is 0. The van der Waals surface area contributed by atoms with Crippen molar-refractivity contribution >= 4 is 0 Å². The first-order valence-corrected chi connectivity index (χ1v) is 9.11. The zero-order chi connectivity index (χ0) is 21.3. The smallest absolute Gasteiger partial charge is 0.200 e. The minimum Gasteiger partial charge on any atom is -0.200 e. The Morgan fingerprint density at radius 2 is 1.37 bits per heavy atom. The molecule has 0 saturated carbocycles. The number of aromatic nitrogens is 1. The van der Waals surface area contributed by atoms with Gasteiger partial charge in [0.1, 0.15) is 7.05 Å². The van der Waals surface area contributed by atoms with Crippen LogP contribution in [0.25, 0.3) is 33.5 Å². The van der Waals surface area contributed by atoms with Crippen molar-refractivity contribution in [3.63, 3.8) is 0 Å². The second kappa shape index (κ2) is 7.20. The van der Waals surface area contributed by atoms with Gasteiger partial charge < -0.3 is 0 Å². The monoisotopic (exact) mass is 353 g/mol. The summed E-state index contributed by atoms with van der Waals surface area (Å²) in [5, 5.41) is 0. The Morgan fingerprint density at radius 3 is 2.15 bits per heavy atom. The second-order valence-electron chi connectivity index (χ2n) is 6.82. The first-order valence-electron chi connectivity index (χ1n) is 10.6. The summed E-state index contributed by atoms with van der Waals surface area (Å²) in [6.45, 7) is -0.0984. The van der Waals surface area contributed by atoms with Gasteiger partial charge in [-0.25, -0.2) is 4.57 Å². The van der Waals surface area contributed by atoms with Gasteiger partial charge in [0.05, 0.1) is 5.56 Å². The molecular weight excluding hydrogens is 326 g/mol. The second-order valence-corrected chi connectivity index (χ2v) is 6.82. The summed E-state index contributed by atoms with van der Waals surface area (Å²) in [6, 6.07) is 27.9. The van der Waals surface area contributed by atoms with Crippen LogP contribution in [0.15, 0.2) is 91.1 Å². The third-order valence-electron chi connectivity index (χ3n) is 4.99. The lowest BCUT2D eigenvalue weighted by molar-refractivity contribution is -0.659. The van der Waals surface area contributed by atoms with E-state index in [1.165, 1.54) is 0 Å². The average molecular weight is 354 g/mol. The Kier molecular flexibility index (Phi) is 3.72. The molecule has 0 radical (unpaired) electrons. The van der Waals surface area contributed by atoms with Gasteiger partial charge in [-0.3, -0.25) is 0 Å². The van der Waals surface area contributed by atoms with Gasteiger partial charge in [-0.15, -0.1) is 0 Å². The lowest BCUT2D eigenvalue weighted by Gasteiger charge is -2.14. The van der Waals surface area contributed by atoms with Crippen LogP contribution in [-0.4, -0.2) is 0 Å². The van der Waals surface area contributed by atoms with E-state index in [-0.39, 0.29) is 0 Å². The highest BCUT2D eigenvalue weighted by Gasteiger charge is 2.19. The van der Waals surface area contributed by atoms with Crippen LogP contribution < -0.4 is 4.57 Å². The van der Waals surface area contributed by atoms with Crippen LogP contribution in [0.2, 0.25) is 0 Å². The van der Waals surface area contributed by atoms with Crippen molar-refractivity contribution in [2.24, 2.45) is 7.05 Å². The number of hydrogen-bond acceptors (Lipinski definition) is 0. The zero-order valence-electron chi connectivity index (χ0n) is 18.6. The van der Waals surface area contributed by atoms with E-state index in [1.54, 1.807) is 12.1 Å². The Hall–Kier alpha value is -3.19. The van der Waals surface area contributed by atoms with Gasteiger partial charge >= 0.3 is 0 Å². The van der Waals surface area contributed by atoms with E-state index in [0.717, 1.165) is 39.1 Å². The minimum atomic E-state index is -2.17. The molecule has 0 aliphatic heterocycles. The summed E-state index contributed by atoms with van der Waals surface area (Å²) >= 11 is 0. The fraction of sp³-hybridized carbons (Fsp3) is 0.115. The number of nitrogens with zero attached hydrogens (tertiary/aromatic N) is 1. The molecule has 0 atom stereocenters. The van der Waals surface area contributed by atoms with Crippen LogP contribution in [-0.2, 0) is 7.05 Å². The molecule has 0 N–H and O–H groups in total. The summed E-state index contributed by atoms with van der Waals surface area (Å²) < 4.78 is 26.1. The van der Waals surface area contributed by atoms with E-state index in [2.05, 4.69) is 48.0 Å². The summed E-state index contributed by atoms with van der Waals surface area (Å²) in [5.41, 5.74) is 7.57. The molecule has 0 aliphatic rings. The summed E-state index contributed by atoms with van der Waals surface area (Å²) in [6.07, 6.45) is 2.12. The number of rotatable bonds is 3. The molecule has 1 heterocycles. The van der Waals surface area contributed by atoms with E-state index in [9.17, 15) is 0 Å². The van der Waals surface area contributed by atoms with Crippen molar-refractivity contribution < 1.29 is 8.68 Å². The van der Waals surface area contributed by atoms with E-state index < -0.39 is 6.85 Å². The molecule has 1 nitrogen and oxygen atoms in total. The lowest BCUT2D eigenvalue weighted by atomic mass is 9.91. The average Bonchev–Trinajstić information content (AvgIpc) is 2.74. The minimum absolute atomic E-state index is 0.375. The molecule has 0 bridgehead atoms. The first-order chi connectivity index (χ1) is 14.4. The Morgan fingerprint density at radius 1 is 0.667 bits per heavy atom. The van der Waals surface area contributed by atoms with Crippen LogP contribution in [0.1, 0.15) is 15.2 Å². The van der Waals surface area contributed by atoms with E-state index in [1.807, 2.05) is 49.5 Å². The maximum absolute atomic E-state index is 7.99. The van der Waals surface area contributed by atoms with Crippen LogP contribution >= 0.6 is 0 Å². The highest BCUT2D eigenvalue weighted by atomic mass is 14.9. The van der Waals surface area contributed by atoms with E-state index in [4.69, 9.17) is 4.11 Å². The number of benzene rings is 3. The quantitative estimate of drug-likeness (QED) is 0.390. The molecule has 0 spiro atoms. The molecule has 0 unspecified atom stereocenters. The molecular formula is C26H24N+. The van der Waals surface area contributed by atoms with Crippen molar-refractivity contribution in [1.82, 2.24) is 0 Å². The molecule has 0 amide bonds. The predicted octanol–water partition coefficient (Wildman–Crippen LogP) is 6.13. The number of hydrogen-bond donors (Lipinski definition) is 0. The maximum Gasteiger partial charge on any atom is 0.213 e. The summed E-state index contributed by atoms with van der Waals surface area (Å²) in [7, 11) is 2.04. The van der Waals surface area contributed by atoms with Gasteiger partial charge in [0.2, 0.25) is 5.69 Å². The van der Waals surface area contributed by atoms with Gasteiger partial charge in [-0.05, 0) is 47.7 Å². The Bertz CT molecular complexity index is 1190. The molecule has 4 rings (SSSR count). The Labute approximate surface area is 165 Å². The van der Waals surface area contributed by atoms with Gasteiger partial charge in [-0.2, -0.15) is 0 Å². The molecule has 132 valence electrons.